The standard InChI is InChI=1S/C9H12N2OS/c10-9(11)13-6-8(12)7-4-2-1-3-5-7/h1-5,8,12H,6H2,(H3,10,11)/t8-/m0/s1. The summed E-state index contributed by atoms with van der Waals surface area (Å²) in [5.74, 6) is 0.430. The third-order valence-corrected chi connectivity index (χ3v) is 2.37. The summed E-state index contributed by atoms with van der Waals surface area (Å²) in [4.78, 5) is 0. The maximum absolute atomic E-state index is 9.60. The van der Waals surface area contributed by atoms with E-state index in [1.165, 1.54) is 0 Å². The molecule has 4 N–H and O–H groups in total. The van der Waals surface area contributed by atoms with Crippen LogP contribution in [0.5, 0.6) is 0 Å². The highest BCUT2D eigenvalue weighted by atomic mass is 32.2. The molecule has 0 aliphatic carbocycles. The maximum Gasteiger partial charge on any atom is 0.151 e. The highest BCUT2D eigenvalue weighted by molar-refractivity contribution is 8.13. The topological polar surface area (TPSA) is 70.1 Å². The molecule has 0 fully saturated rings. The van der Waals surface area contributed by atoms with E-state index >= 15 is 0 Å². The van der Waals surface area contributed by atoms with Gasteiger partial charge in [0.05, 0.1) is 6.10 Å². The Hall–Kier alpha value is -1.00. The minimum Gasteiger partial charge on any atom is -0.388 e. The van der Waals surface area contributed by atoms with Gasteiger partial charge in [-0.2, -0.15) is 0 Å². The van der Waals surface area contributed by atoms with Crippen LogP contribution < -0.4 is 5.73 Å². The van der Waals surface area contributed by atoms with Crippen molar-refractivity contribution in [3.8, 4) is 0 Å². The molecule has 0 saturated carbocycles. The Labute approximate surface area is 81.5 Å². The molecule has 70 valence electrons. The zero-order valence-electron chi connectivity index (χ0n) is 7.10. The van der Waals surface area contributed by atoms with Gasteiger partial charge in [-0.05, 0) is 5.56 Å². The average Bonchev–Trinajstić information content (AvgIpc) is 2.15. The summed E-state index contributed by atoms with van der Waals surface area (Å²) >= 11 is 1.15. The summed E-state index contributed by atoms with van der Waals surface area (Å²) in [5.41, 5.74) is 6.01. The van der Waals surface area contributed by atoms with Crippen LogP contribution in [0.4, 0.5) is 0 Å². The first-order chi connectivity index (χ1) is 6.20. The smallest absolute Gasteiger partial charge is 0.151 e. The average molecular weight is 196 g/mol. The second kappa shape index (κ2) is 4.89. The van der Waals surface area contributed by atoms with Crippen molar-refractivity contribution in [2.75, 3.05) is 5.75 Å². The molecule has 0 radical (unpaired) electrons. The number of nitrogens with one attached hydrogen (secondary N) is 1. The van der Waals surface area contributed by atoms with Crippen molar-refractivity contribution in [2.45, 2.75) is 6.10 Å². The van der Waals surface area contributed by atoms with Crippen LogP contribution in [0.25, 0.3) is 0 Å². The Morgan fingerprint density at radius 3 is 2.62 bits per heavy atom. The van der Waals surface area contributed by atoms with Crippen molar-refractivity contribution in [2.24, 2.45) is 5.73 Å². The molecule has 0 unspecified atom stereocenters. The van der Waals surface area contributed by atoms with Crippen LogP contribution in [0, 0.1) is 5.41 Å². The largest absolute Gasteiger partial charge is 0.388 e. The number of nitrogens with two attached hydrogens (primary N) is 1. The van der Waals surface area contributed by atoms with Crippen LogP contribution in [0.15, 0.2) is 30.3 Å². The summed E-state index contributed by atoms with van der Waals surface area (Å²) in [6.07, 6.45) is -0.546. The van der Waals surface area contributed by atoms with Crippen LogP contribution >= 0.6 is 11.8 Å². The normalized spacial score (nSPS) is 12.4. The summed E-state index contributed by atoms with van der Waals surface area (Å²) < 4.78 is 0. The van der Waals surface area contributed by atoms with Crippen LogP contribution in [-0.4, -0.2) is 16.0 Å². The molecule has 1 aromatic rings. The Morgan fingerprint density at radius 1 is 1.46 bits per heavy atom. The summed E-state index contributed by atoms with van der Waals surface area (Å²) in [6.45, 7) is 0. The van der Waals surface area contributed by atoms with E-state index in [2.05, 4.69) is 0 Å². The first kappa shape index (κ1) is 10.1. The van der Waals surface area contributed by atoms with Gasteiger partial charge in [0.1, 0.15) is 0 Å². The Bertz CT molecular complexity index is 276. The molecule has 0 aliphatic heterocycles. The van der Waals surface area contributed by atoms with Crippen molar-refractivity contribution >= 4 is 16.9 Å². The lowest BCUT2D eigenvalue weighted by molar-refractivity contribution is 0.204. The van der Waals surface area contributed by atoms with Crippen LogP contribution in [0.1, 0.15) is 11.7 Å². The lowest BCUT2D eigenvalue weighted by Gasteiger charge is -2.08. The van der Waals surface area contributed by atoms with Gasteiger partial charge in [-0.3, -0.25) is 5.41 Å². The maximum atomic E-state index is 9.60. The van der Waals surface area contributed by atoms with Gasteiger partial charge in [-0.15, -0.1) is 0 Å². The number of thioether (sulfide) groups is 1. The predicted molar refractivity (Wildman–Crippen MR) is 55.8 cm³/mol. The van der Waals surface area contributed by atoms with Gasteiger partial charge < -0.3 is 10.8 Å². The Morgan fingerprint density at radius 2 is 2.08 bits per heavy atom. The number of hydrogen-bond donors (Lipinski definition) is 3. The number of aliphatic hydroxyl groups is 1. The Kier molecular flexibility index (Phi) is 3.79. The van der Waals surface area contributed by atoms with Gasteiger partial charge in [0.25, 0.3) is 0 Å². The SMILES string of the molecule is N=C(N)SC[C@H](O)c1ccccc1. The van der Waals surface area contributed by atoms with E-state index in [0.29, 0.717) is 5.75 Å². The molecule has 4 heteroatoms. The monoisotopic (exact) mass is 196 g/mol. The van der Waals surface area contributed by atoms with Crippen LogP contribution in [0.2, 0.25) is 0 Å². The van der Waals surface area contributed by atoms with Gasteiger partial charge in [0.15, 0.2) is 5.17 Å². The minimum atomic E-state index is -0.546. The fourth-order valence-electron chi connectivity index (χ4n) is 0.940. The molecule has 0 bridgehead atoms. The molecule has 0 heterocycles. The number of amidine groups is 1. The van der Waals surface area contributed by atoms with Gasteiger partial charge in [-0.25, -0.2) is 0 Å². The van der Waals surface area contributed by atoms with E-state index < -0.39 is 6.10 Å². The third kappa shape index (κ3) is 3.48. The first-order valence-electron chi connectivity index (χ1n) is 3.90. The van der Waals surface area contributed by atoms with Crippen molar-refractivity contribution in [1.29, 1.82) is 5.41 Å². The quantitative estimate of drug-likeness (QED) is 0.505. The van der Waals surface area contributed by atoms with Gasteiger partial charge in [0.2, 0.25) is 0 Å². The molecule has 0 aliphatic rings. The number of aliphatic hydroxyl groups excluding tert-OH is 1. The number of benzene rings is 1. The highest BCUT2D eigenvalue weighted by Crippen LogP contribution is 2.16. The highest BCUT2D eigenvalue weighted by Gasteiger charge is 2.06. The molecule has 0 amide bonds. The third-order valence-electron chi connectivity index (χ3n) is 1.58. The summed E-state index contributed by atoms with van der Waals surface area (Å²) in [7, 11) is 0. The molecule has 0 aromatic heterocycles. The first-order valence-corrected chi connectivity index (χ1v) is 4.88. The van der Waals surface area contributed by atoms with Crippen LogP contribution in [0.3, 0.4) is 0 Å². The Balaban J connectivity index is 2.49. The fraction of sp³-hybridized carbons (Fsp3) is 0.222. The summed E-state index contributed by atoms with van der Waals surface area (Å²) in [5, 5.41) is 16.6. The number of hydrogen-bond acceptors (Lipinski definition) is 3. The lowest BCUT2D eigenvalue weighted by Crippen LogP contribution is -2.08. The molecule has 0 saturated heterocycles. The second-order valence-electron chi connectivity index (χ2n) is 2.60. The summed E-state index contributed by atoms with van der Waals surface area (Å²) in [6, 6.07) is 9.35. The molecule has 1 rings (SSSR count). The molecule has 13 heavy (non-hydrogen) atoms. The van der Waals surface area contributed by atoms with Crippen molar-refractivity contribution < 1.29 is 5.11 Å². The predicted octanol–water partition coefficient (Wildman–Crippen LogP) is 1.35. The molecule has 1 aromatic carbocycles. The van der Waals surface area contributed by atoms with E-state index in [-0.39, 0.29) is 5.17 Å². The zero-order valence-corrected chi connectivity index (χ0v) is 7.92. The molecule has 1 atom stereocenters. The number of rotatable bonds is 3. The van der Waals surface area contributed by atoms with Crippen LogP contribution in [-0.2, 0) is 0 Å². The fourth-order valence-corrected chi connectivity index (χ4v) is 1.47. The van der Waals surface area contributed by atoms with Gasteiger partial charge in [0, 0.05) is 5.75 Å². The van der Waals surface area contributed by atoms with E-state index in [0.717, 1.165) is 17.3 Å². The van der Waals surface area contributed by atoms with Gasteiger partial charge >= 0.3 is 0 Å². The van der Waals surface area contributed by atoms with Crippen molar-refractivity contribution in [3.05, 3.63) is 35.9 Å². The van der Waals surface area contributed by atoms with Crippen molar-refractivity contribution in [1.82, 2.24) is 0 Å². The van der Waals surface area contributed by atoms with E-state index in [4.69, 9.17) is 11.1 Å². The molecular weight excluding hydrogens is 184 g/mol. The van der Waals surface area contributed by atoms with E-state index in [9.17, 15) is 5.11 Å². The molecule has 3 nitrogen and oxygen atoms in total. The second-order valence-corrected chi connectivity index (χ2v) is 3.66. The van der Waals surface area contributed by atoms with E-state index in [1.807, 2.05) is 30.3 Å². The minimum absolute atomic E-state index is 0.0370. The molecular formula is C9H12N2OS. The lowest BCUT2D eigenvalue weighted by atomic mass is 10.1. The van der Waals surface area contributed by atoms with E-state index in [1.54, 1.807) is 0 Å². The molecule has 0 spiro atoms. The van der Waals surface area contributed by atoms with Crippen molar-refractivity contribution in [3.63, 3.8) is 0 Å². The van der Waals surface area contributed by atoms with Gasteiger partial charge in [-0.1, -0.05) is 42.1 Å². The zero-order chi connectivity index (χ0) is 9.68.